The van der Waals surface area contributed by atoms with Crippen LogP contribution in [0.3, 0.4) is 0 Å². The van der Waals surface area contributed by atoms with Crippen LogP contribution in [0.1, 0.15) is 45.4 Å². The Hall–Kier alpha value is -1.19. The molecule has 0 bridgehead atoms. The number of Topliss-reactive ketones (excluding diaryl/α,β-unsaturated/α-hetero) is 1. The summed E-state index contributed by atoms with van der Waals surface area (Å²) in [6.45, 7) is 1.55. The van der Waals surface area contributed by atoms with E-state index >= 15 is 0 Å². The van der Waals surface area contributed by atoms with Crippen LogP contribution in [0.4, 0.5) is 0 Å². The van der Waals surface area contributed by atoms with Crippen molar-refractivity contribution in [2.24, 2.45) is 5.92 Å². The SMILES string of the molecule is COC(=O)CCC[C@H](CC=O)CCC(C)=O. The summed E-state index contributed by atoms with van der Waals surface area (Å²) in [6.07, 6.45) is 4.47. The Morgan fingerprint density at radius 2 is 1.94 bits per heavy atom. The fourth-order valence-electron chi connectivity index (χ4n) is 1.56. The average molecular weight is 228 g/mol. The summed E-state index contributed by atoms with van der Waals surface area (Å²) < 4.78 is 4.53. The van der Waals surface area contributed by atoms with Gasteiger partial charge in [-0.1, -0.05) is 0 Å². The second-order valence-corrected chi connectivity index (χ2v) is 3.98. The number of rotatable bonds is 9. The maximum absolute atomic E-state index is 10.9. The first-order valence-electron chi connectivity index (χ1n) is 5.60. The molecule has 0 aromatic rings. The molecule has 0 rings (SSSR count). The number of hydrogen-bond donors (Lipinski definition) is 0. The average Bonchev–Trinajstić information content (AvgIpc) is 2.25. The summed E-state index contributed by atoms with van der Waals surface area (Å²) >= 11 is 0. The maximum atomic E-state index is 10.9. The number of carbonyl (C=O) groups is 3. The lowest BCUT2D eigenvalue weighted by molar-refractivity contribution is -0.140. The molecule has 92 valence electrons. The molecule has 0 unspecified atom stereocenters. The predicted octanol–water partition coefficient (Wildman–Crippen LogP) is 1.90. The molecule has 1 atom stereocenters. The summed E-state index contributed by atoms with van der Waals surface area (Å²) in [5.74, 6) is 0.131. The largest absolute Gasteiger partial charge is 0.469 e. The van der Waals surface area contributed by atoms with Crippen molar-refractivity contribution in [1.29, 1.82) is 0 Å². The second-order valence-electron chi connectivity index (χ2n) is 3.98. The number of ether oxygens (including phenoxy) is 1. The fourth-order valence-corrected chi connectivity index (χ4v) is 1.56. The molecule has 0 aliphatic heterocycles. The molecule has 0 saturated heterocycles. The summed E-state index contributed by atoms with van der Waals surface area (Å²) in [6, 6.07) is 0. The molecule has 16 heavy (non-hydrogen) atoms. The second kappa shape index (κ2) is 9.07. The Balaban J connectivity index is 3.79. The lowest BCUT2D eigenvalue weighted by Crippen LogP contribution is -2.06. The molecular weight excluding hydrogens is 208 g/mol. The van der Waals surface area contributed by atoms with E-state index in [0.29, 0.717) is 25.7 Å². The molecule has 4 nitrogen and oxygen atoms in total. The Bertz CT molecular complexity index is 235. The van der Waals surface area contributed by atoms with Crippen LogP contribution in [0.15, 0.2) is 0 Å². The number of carbonyl (C=O) groups excluding carboxylic acids is 3. The molecule has 0 aromatic heterocycles. The van der Waals surface area contributed by atoms with Crippen LogP contribution >= 0.6 is 0 Å². The molecule has 0 N–H and O–H groups in total. The highest BCUT2D eigenvalue weighted by Gasteiger charge is 2.10. The van der Waals surface area contributed by atoms with Crippen LogP contribution in [0.2, 0.25) is 0 Å². The van der Waals surface area contributed by atoms with Crippen molar-refractivity contribution in [3.8, 4) is 0 Å². The van der Waals surface area contributed by atoms with E-state index in [2.05, 4.69) is 4.74 Å². The van der Waals surface area contributed by atoms with Crippen molar-refractivity contribution in [1.82, 2.24) is 0 Å². The van der Waals surface area contributed by atoms with Crippen molar-refractivity contribution in [2.45, 2.75) is 45.4 Å². The van der Waals surface area contributed by atoms with Gasteiger partial charge in [0.15, 0.2) is 0 Å². The first-order valence-corrected chi connectivity index (χ1v) is 5.60. The molecule has 0 radical (unpaired) electrons. The Morgan fingerprint density at radius 1 is 1.25 bits per heavy atom. The van der Waals surface area contributed by atoms with Crippen molar-refractivity contribution in [3.05, 3.63) is 0 Å². The monoisotopic (exact) mass is 228 g/mol. The van der Waals surface area contributed by atoms with Crippen molar-refractivity contribution < 1.29 is 19.1 Å². The van der Waals surface area contributed by atoms with E-state index < -0.39 is 0 Å². The van der Waals surface area contributed by atoms with Gasteiger partial charge in [-0.3, -0.25) is 4.79 Å². The molecule has 0 aliphatic carbocycles. The van der Waals surface area contributed by atoms with Crippen LogP contribution in [0.25, 0.3) is 0 Å². The van der Waals surface area contributed by atoms with Crippen LogP contribution in [-0.4, -0.2) is 25.1 Å². The first kappa shape index (κ1) is 14.8. The zero-order chi connectivity index (χ0) is 12.4. The summed E-state index contributed by atoms with van der Waals surface area (Å²) in [5.41, 5.74) is 0. The van der Waals surface area contributed by atoms with Gasteiger partial charge in [-0.25, -0.2) is 0 Å². The minimum Gasteiger partial charge on any atom is -0.469 e. The Labute approximate surface area is 96.4 Å². The van der Waals surface area contributed by atoms with Crippen molar-refractivity contribution in [2.75, 3.05) is 7.11 Å². The highest BCUT2D eigenvalue weighted by atomic mass is 16.5. The van der Waals surface area contributed by atoms with Gasteiger partial charge in [-0.2, -0.15) is 0 Å². The third-order valence-corrected chi connectivity index (χ3v) is 2.56. The van der Waals surface area contributed by atoms with E-state index in [1.165, 1.54) is 7.11 Å². The van der Waals surface area contributed by atoms with E-state index in [0.717, 1.165) is 19.1 Å². The molecule has 0 spiro atoms. The zero-order valence-electron chi connectivity index (χ0n) is 10.0. The van der Waals surface area contributed by atoms with Crippen molar-refractivity contribution in [3.63, 3.8) is 0 Å². The van der Waals surface area contributed by atoms with Crippen LogP contribution < -0.4 is 0 Å². The Kier molecular flexibility index (Phi) is 8.39. The number of hydrogen-bond acceptors (Lipinski definition) is 4. The van der Waals surface area contributed by atoms with E-state index in [1.54, 1.807) is 6.92 Å². The smallest absolute Gasteiger partial charge is 0.305 e. The molecule has 0 aliphatic rings. The van der Waals surface area contributed by atoms with Gasteiger partial charge in [0.1, 0.15) is 12.1 Å². The zero-order valence-corrected chi connectivity index (χ0v) is 10.0. The van der Waals surface area contributed by atoms with Gasteiger partial charge in [0.05, 0.1) is 7.11 Å². The third-order valence-electron chi connectivity index (χ3n) is 2.56. The normalized spacial score (nSPS) is 11.9. The van der Waals surface area contributed by atoms with E-state index in [-0.39, 0.29) is 17.7 Å². The van der Waals surface area contributed by atoms with Crippen LogP contribution in [0, 0.1) is 5.92 Å². The van der Waals surface area contributed by atoms with Crippen LogP contribution in [-0.2, 0) is 19.1 Å². The quantitative estimate of drug-likeness (QED) is 0.446. The van der Waals surface area contributed by atoms with Gasteiger partial charge in [0, 0.05) is 19.3 Å². The molecule has 0 fully saturated rings. The van der Waals surface area contributed by atoms with Gasteiger partial charge in [0.2, 0.25) is 0 Å². The van der Waals surface area contributed by atoms with Gasteiger partial charge < -0.3 is 14.3 Å². The summed E-state index contributed by atoms with van der Waals surface area (Å²) in [7, 11) is 1.36. The van der Waals surface area contributed by atoms with Gasteiger partial charge in [-0.15, -0.1) is 0 Å². The topological polar surface area (TPSA) is 60.4 Å². The minimum absolute atomic E-state index is 0.142. The maximum Gasteiger partial charge on any atom is 0.305 e. The minimum atomic E-state index is -0.226. The van der Waals surface area contributed by atoms with Crippen LogP contribution in [0.5, 0.6) is 0 Å². The van der Waals surface area contributed by atoms with Gasteiger partial charge >= 0.3 is 5.97 Å². The third kappa shape index (κ3) is 8.15. The fraction of sp³-hybridized carbons (Fsp3) is 0.750. The first-order chi connectivity index (χ1) is 7.60. The molecule has 0 saturated carbocycles. The predicted molar refractivity (Wildman–Crippen MR) is 60.0 cm³/mol. The highest BCUT2D eigenvalue weighted by Crippen LogP contribution is 2.18. The summed E-state index contributed by atoms with van der Waals surface area (Å²) in [5, 5.41) is 0. The number of aldehydes is 1. The van der Waals surface area contributed by atoms with Gasteiger partial charge in [-0.05, 0) is 32.1 Å². The molecule has 0 aromatic carbocycles. The molecule has 0 heterocycles. The van der Waals surface area contributed by atoms with E-state index in [1.807, 2.05) is 0 Å². The molecule has 0 amide bonds. The lowest BCUT2D eigenvalue weighted by Gasteiger charge is -2.12. The Morgan fingerprint density at radius 3 is 2.44 bits per heavy atom. The van der Waals surface area contributed by atoms with E-state index in [9.17, 15) is 14.4 Å². The van der Waals surface area contributed by atoms with E-state index in [4.69, 9.17) is 0 Å². The number of ketones is 1. The molecular formula is C12H20O4. The standard InChI is InChI=1S/C12H20O4/c1-10(14)6-7-11(8-9-13)4-3-5-12(15)16-2/h9,11H,3-8H2,1-2H3/t11-/m0/s1. The highest BCUT2D eigenvalue weighted by molar-refractivity contribution is 5.75. The number of methoxy groups -OCH3 is 1. The number of esters is 1. The molecule has 4 heteroatoms. The van der Waals surface area contributed by atoms with Gasteiger partial charge in [0.25, 0.3) is 0 Å². The van der Waals surface area contributed by atoms with Crippen molar-refractivity contribution >= 4 is 18.0 Å². The lowest BCUT2D eigenvalue weighted by atomic mass is 9.93. The summed E-state index contributed by atoms with van der Waals surface area (Å²) in [4.78, 5) is 32.1.